The number of ether oxygens (including phenoxy) is 1. The molecule has 0 saturated heterocycles. The van der Waals surface area contributed by atoms with Crippen LogP contribution in [0, 0.1) is 0 Å². The molecule has 2 N–H and O–H groups in total. The van der Waals surface area contributed by atoms with Crippen LogP contribution in [0.15, 0.2) is 42.5 Å². The van der Waals surface area contributed by atoms with Crippen molar-refractivity contribution in [1.29, 1.82) is 0 Å². The first-order valence-electron chi connectivity index (χ1n) is 6.04. The third kappa shape index (κ3) is 1.81. The minimum Gasteiger partial charge on any atom is -0.497 e. The first-order valence-corrected chi connectivity index (χ1v) is 6.04. The zero-order chi connectivity index (χ0) is 13.4. The Balaban J connectivity index is 1.96. The predicted molar refractivity (Wildman–Crippen MR) is 74.4 cm³/mol. The van der Waals surface area contributed by atoms with Crippen LogP contribution in [0.4, 0.5) is 11.4 Å². The molecule has 1 aliphatic heterocycles. The van der Waals surface area contributed by atoms with E-state index in [0.29, 0.717) is 17.8 Å². The standard InChI is InChI=1S/C15H14N2O2/c1-19-11-7-5-10(6-8-11)17-9-13-12(15(17)18)3-2-4-14(13)16/h2-8H,9,16H2,1H3. The van der Waals surface area contributed by atoms with Crippen LogP contribution < -0.4 is 15.4 Å². The van der Waals surface area contributed by atoms with Crippen LogP contribution in [-0.4, -0.2) is 13.0 Å². The molecule has 4 nitrogen and oxygen atoms in total. The Hall–Kier alpha value is -2.49. The number of hydrogen-bond donors (Lipinski definition) is 1. The quantitative estimate of drug-likeness (QED) is 0.837. The summed E-state index contributed by atoms with van der Waals surface area (Å²) in [5.74, 6) is 0.764. The molecule has 2 aromatic carbocycles. The van der Waals surface area contributed by atoms with E-state index in [0.717, 1.165) is 17.0 Å². The molecule has 0 unspecified atom stereocenters. The number of rotatable bonds is 2. The van der Waals surface area contributed by atoms with Crippen molar-refractivity contribution in [3.8, 4) is 5.75 Å². The molecule has 0 atom stereocenters. The molecular formula is C15H14N2O2. The Bertz CT molecular complexity index is 635. The number of carbonyl (C=O) groups is 1. The van der Waals surface area contributed by atoms with Gasteiger partial charge in [-0.25, -0.2) is 0 Å². The monoisotopic (exact) mass is 254 g/mol. The molecule has 1 amide bonds. The first kappa shape index (κ1) is 11.6. The third-order valence-electron chi connectivity index (χ3n) is 3.39. The number of nitrogen functional groups attached to an aromatic ring is 1. The van der Waals surface area contributed by atoms with Crippen LogP contribution in [0.3, 0.4) is 0 Å². The van der Waals surface area contributed by atoms with Gasteiger partial charge in [-0.2, -0.15) is 0 Å². The van der Waals surface area contributed by atoms with Gasteiger partial charge in [-0.05, 0) is 36.4 Å². The summed E-state index contributed by atoms with van der Waals surface area (Å²) in [6.45, 7) is 0.521. The van der Waals surface area contributed by atoms with E-state index in [4.69, 9.17) is 10.5 Å². The number of benzene rings is 2. The van der Waals surface area contributed by atoms with Crippen molar-refractivity contribution in [1.82, 2.24) is 0 Å². The lowest BCUT2D eigenvalue weighted by Gasteiger charge is -2.16. The number of fused-ring (bicyclic) bond motifs is 1. The van der Waals surface area contributed by atoms with Gasteiger partial charge in [0.1, 0.15) is 5.75 Å². The fourth-order valence-electron chi connectivity index (χ4n) is 2.33. The van der Waals surface area contributed by atoms with Crippen LogP contribution in [0.2, 0.25) is 0 Å². The maximum absolute atomic E-state index is 12.3. The highest BCUT2D eigenvalue weighted by Gasteiger charge is 2.29. The number of carbonyl (C=O) groups excluding carboxylic acids is 1. The van der Waals surface area contributed by atoms with Gasteiger partial charge in [-0.15, -0.1) is 0 Å². The van der Waals surface area contributed by atoms with Gasteiger partial charge in [0.15, 0.2) is 0 Å². The van der Waals surface area contributed by atoms with E-state index in [2.05, 4.69) is 0 Å². The fourth-order valence-corrected chi connectivity index (χ4v) is 2.33. The zero-order valence-corrected chi connectivity index (χ0v) is 10.6. The van der Waals surface area contributed by atoms with Crippen molar-refractivity contribution in [2.24, 2.45) is 0 Å². The van der Waals surface area contributed by atoms with Crippen molar-refractivity contribution < 1.29 is 9.53 Å². The van der Waals surface area contributed by atoms with Gasteiger partial charge in [-0.1, -0.05) is 6.07 Å². The SMILES string of the molecule is COc1ccc(N2Cc3c(N)cccc3C2=O)cc1. The van der Waals surface area contributed by atoms with Gasteiger partial charge in [0.25, 0.3) is 5.91 Å². The van der Waals surface area contributed by atoms with Gasteiger partial charge < -0.3 is 15.4 Å². The molecule has 0 radical (unpaired) electrons. The Labute approximate surface area is 111 Å². The molecule has 2 aromatic rings. The number of nitrogens with two attached hydrogens (primary N) is 1. The third-order valence-corrected chi connectivity index (χ3v) is 3.39. The van der Waals surface area contributed by atoms with E-state index in [-0.39, 0.29) is 5.91 Å². The Kier molecular flexibility index (Phi) is 2.63. The summed E-state index contributed by atoms with van der Waals surface area (Å²) in [6.07, 6.45) is 0. The molecule has 19 heavy (non-hydrogen) atoms. The molecule has 0 spiro atoms. The van der Waals surface area contributed by atoms with Gasteiger partial charge >= 0.3 is 0 Å². The number of anilines is 2. The molecule has 3 rings (SSSR count). The summed E-state index contributed by atoms with van der Waals surface area (Å²) in [5, 5.41) is 0. The lowest BCUT2D eigenvalue weighted by Crippen LogP contribution is -2.22. The van der Waals surface area contributed by atoms with Crippen LogP contribution in [0.5, 0.6) is 5.75 Å². The normalized spacial score (nSPS) is 13.5. The van der Waals surface area contributed by atoms with Crippen LogP contribution in [0.1, 0.15) is 15.9 Å². The van der Waals surface area contributed by atoms with Crippen molar-refractivity contribution >= 4 is 17.3 Å². The average Bonchev–Trinajstić information content (AvgIpc) is 2.78. The maximum atomic E-state index is 12.3. The van der Waals surface area contributed by atoms with Gasteiger partial charge in [-0.3, -0.25) is 4.79 Å². The molecular weight excluding hydrogens is 240 g/mol. The molecule has 1 heterocycles. The molecule has 96 valence electrons. The Morgan fingerprint density at radius 2 is 1.89 bits per heavy atom. The summed E-state index contributed by atoms with van der Waals surface area (Å²) in [5.41, 5.74) is 9.03. The smallest absolute Gasteiger partial charge is 0.259 e. The maximum Gasteiger partial charge on any atom is 0.259 e. The Morgan fingerprint density at radius 3 is 2.53 bits per heavy atom. The van der Waals surface area contributed by atoms with Crippen molar-refractivity contribution in [3.05, 3.63) is 53.6 Å². The molecule has 4 heteroatoms. The molecule has 0 bridgehead atoms. The summed E-state index contributed by atoms with van der Waals surface area (Å²) < 4.78 is 5.12. The highest BCUT2D eigenvalue weighted by Crippen LogP contribution is 2.32. The van der Waals surface area contributed by atoms with Gasteiger partial charge in [0, 0.05) is 22.5 Å². The number of amides is 1. The summed E-state index contributed by atoms with van der Waals surface area (Å²) in [4.78, 5) is 14.1. The number of hydrogen-bond acceptors (Lipinski definition) is 3. The van der Waals surface area contributed by atoms with Crippen LogP contribution in [0.25, 0.3) is 0 Å². The number of nitrogens with zero attached hydrogens (tertiary/aromatic N) is 1. The fraction of sp³-hybridized carbons (Fsp3) is 0.133. The van der Waals surface area contributed by atoms with E-state index in [1.807, 2.05) is 42.5 Å². The van der Waals surface area contributed by atoms with E-state index in [9.17, 15) is 4.79 Å². The predicted octanol–water partition coefficient (Wildman–Crippen LogP) is 2.44. The topological polar surface area (TPSA) is 55.6 Å². The van der Waals surface area contributed by atoms with E-state index in [1.54, 1.807) is 12.0 Å². The summed E-state index contributed by atoms with van der Waals surface area (Å²) in [6, 6.07) is 12.9. The van der Waals surface area contributed by atoms with E-state index >= 15 is 0 Å². The van der Waals surface area contributed by atoms with Crippen molar-refractivity contribution in [2.75, 3.05) is 17.7 Å². The first-order chi connectivity index (χ1) is 9.20. The van der Waals surface area contributed by atoms with Gasteiger partial charge in [0.2, 0.25) is 0 Å². The largest absolute Gasteiger partial charge is 0.497 e. The van der Waals surface area contributed by atoms with E-state index in [1.165, 1.54) is 0 Å². The molecule has 0 saturated carbocycles. The lowest BCUT2D eigenvalue weighted by atomic mass is 10.1. The second-order valence-electron chi connectivity index (χ2n) is 4.46. The van der Waals surface area contributed by atoms with Crippen LogP contribution >= 0.6 is 0 Å². The van der Waals surface area contributed by atoms with E-state index < -0.39 is 0 Å². The second-order valence-corrected chi connectivity index (χ2v) is 4.46. The summed E-state index contributed by atoms with van der Waals surface area (Å²) in [7, 11) is 1.62. The average molecular weight is 254 g/mol. The highest BCUT2D eigenvalue weighted by molar-refractivity contribution is 6.11. The molecule has 0 fully saturated rings. The Morgan fingerprint density at radius 1 is 1.16 bits per heavy atom. The number of methoxy groups -OCH3 is 1. The van der Waals surface area contributed by atoms with Gasteiger partial charge in [0.05, 0.1) is 13.7 Å². The van der Waals surface area contributed by atoms with Crippen molar-refractivity contribution in [3.63, 3.8) is 0 Å². The lowest BCUT2D eigenvalue weighted by molar-refractivity contribution is 0.0996. The zero-order valence-electron chi connectivity index (χ0n) is 10.6. The molecule has 0 aromatic heterocycles. The molecule has 1 aliphatic rings. The van der Waals surface area contributed by atoms with Crippen molar-refractivity contribution in [2.45, 2.75) is 6.54 Å². The highest BCUT2D eigenvalue weighted by atomic mass is 16.5. The van der Waals surface area contributed by atoms with Crippen LogP contribution in [-0.2, 0) is 6.54 Å². The summed E-state index contributed by atoms with van der Waals surface area (Å²) >= 11 is 0. The second kappa shape index (κ2) is 4.31. The molecule has 0 aliphatic carbocycles. The minimum atomic E-state index is -0.00698. The minimum absolute atomic E-state index is 0.00698.